The lowest BCUT2D eigenvalue weighted by atomic mass is 10.1. The number of anilines is 2. The number of hydrogen-bond donors (Lipinski definition) is 1. The molecule has 1 N–H and O–H groups in total. The Morgan fingerprint density at radius 1 is 1.19 bits per heavy atom. The third kappa shape index (κ3) is 2.77. The Labute approximate surface area is 123 Å². The summed E-state index contributed by atoms with van der Waals surface area (Å²) in [5, 5.41) is 12.0. The van der Waals surface area contributed by atoms with Gasteiger partial charge < -0.3 is 10.2 Å². The van der Waals surface area contributed by atoms with Gasteiger partial charge in [-0.2, -0.15) is 20.2 Å². The van der Waals surface area contributed by atoms with Gasteiger partial charge in [-0.3, -0.25) is 0 Å². The van der Waals surface area contributed by atoms with E-state index < -0.39 is 0 Å². The van der Waals surface area contributed by atoms with E-state index in [4.69, 9.17) is 5.26 Å². The summed E-state index contributed by atoms with van der Waals surface area (Å²) in [6.45, 7) is 1.95. The van der Waals surface area contributed by atoms with Crippen molar-refractivity contribution in [2.75, 3.05) is 30.4 Å². The lowest BCUT2D eigenvalue weighted by molar-refractivity contribution is 0.884. The molecule has 6 heteroatoms. The number of nitrogens with zero attached hydrogens (tertiary/aromatic N) is 5. The van der Waals surface area contributed by atoms with Crippen LogP contribution in [0, 0.1) is 11.3 Å². The Balaban J connectivity index is 2.04. The molecular formula is C15H16N6. The number of nitrogens with one attached hydrogen (secondary N) is 1. The summed E-state index contributed by atoms with van der Waals surface area (Å²) in [4.78, 5) is 15.6. The molecule has 0 saturated carbocycles. The zero-order valence-corrected chi connectivity index (χ0v) is 11.9. The molecule has 0 radical (unpaired) electrons. The molecule has 1 aromatic carbocycles. The van der Waals surface area contributed by atoms with E-state index in [1.807, 2.05) is 12.1 Å². The minimum Gasteiger partial charge on any atom is -0.357 e. The Morgan fingerprint density at radius 3 is 2.71 bits per heavy atom. The third-order valence-corrected chi connectivity index (χ3v) is 3.49. The van der Waals surface area contributed by atoms with Crippen molar-refractivity contribution < 1.29 is 0 Å². The Kier molecular flexibility index (Phi) is 3.65. The second kappa shape index (κ2) is 5.75. The normalized spacial score (nSPS) is 14.0. The van der Waals surface area contributed by atoms with Crippen LogP contribution in [0.4, 0.5) is 11.9 Å². The molecule has 0 spiro atoms. The van der Waals surface area contributed by atoms with Gasteiger partial charge in [0.2, 0.25) is 11.9 Å². The molecule has 1 aliphatic heterocycles. The van der Waals surface area contributed by atoms with Crippen LogP contribution in [0.2, 0.25) is 0 Å². The zero-order valence-electron chi connectivity index (χ0n) is 11.9. The van der Waals surface area contributed by atoms with Crippen LogP contribution in [0.5, 0.6) is 0 Å². The van der Waals surface area contributed by atoms with E-state index >= 15 is 0 Å². The molecule has 0 bridgehead atoms. The third-order valence-electron chi connectivity index (χ3n) is 3.49. The van der Waals surface area contributed by atoms with Gasteiger partial charge in [0.15, 0.2) is 5.82 Å². The molecule has 3 rings (SSSR count). The standard InChI is InChI=1S/C15H16N6/c1-17-14-18-13(12-6-4-5-11(9-12)10-16)19-15(20-14)21-7-2-3-8-21/h4-6,9H,2-3,7-8H2,1H3,(H,17,18,19,20). The number of benzene rings is 1. The van der Waals surface area contributed by atoms with Gasteiger partial charge in [0.25, 0.3) is 0 Å². The fourth-order valence-electron chi connectivity index (χ4n) is 2.39. The van der Waals surface area contributed by atoms with E-state index in [1.54, 1.807) is 19.2 Å². The number of hydrogen-bond acceptors (Lipinski definition) is 6. The highest BCUT2D eigenvalue weighted by molar-refractivity contribution is 5.60. The van der Waals surface area contributed by atoms with E-state index in [1.165, 1.54) is 12.8 Å². The first kappa shape index (κ1) is 13.3. The molecule has 0 aliphatic carbocycles. The Bertz CT molecular complexity index is 685. The minimum atomic E-state index is 0.546. The van der Waals surface area contributed by atoms with Gasteiger partial charge in [-0.25, -0.2) is 0 Å². The quantitative estimate of drug-likeness (QED) is 0.927. The Hall–Kier alpha value is -2.68. The van der Waals surface area contributed by atoms with Gasteiger partial charge in [-0.05, 0) is 25.0 Å². The molecule has 6 nitrogen and oxygen atoms in total. The minimum absolute atomic E-state index is 0.546. The van der Waals surface area contributed by atoms with Gasteiger partial charge in [0.05, 0.1) is 11.6 Å². The van der Waals surface area contributed by atoms with Crippen molar-refractivity contribution in [1.82, 2.24) is 15.0 Å². The molecule has 0 atom stereocenters. The van der Waals surface area contributed by atoms with Crippen molar-refractivity contribution in [1.29, 1.82) is 5.26 Å². The SMILES string of the molecule is CNc1nc(-c2cccc(C#N)c2)nc(N2CCCC2)n1. The topological polar surface area (TPSA) is 77.7 Å². The molecule has 1 aliphatic rings. The van der Waals surface area contributed by atoms with E-state index in [0.29, 0.717) is 23.3 Å². The number of rotatable bonds is 3. The van der Waals surface area contributed by atoms with Crippen LogP contribution >= 0.6 is 0 Å². The predicted molar refractivity (Wildman–Crippen MR) is 81.0 cm³/mol. The molecule has 1 saturated heterocycles. The highest BCUT2D eigenvalue weighted by Crippen LogP contribution is 2.22. The largest absolute Gasteiger partial charge is 0.357 e. The van der Waals surface area contributed by atoms with Crippen molar-refractivity contribution >= 4 is 11.9 Å². The maximum Gasteiger partial charge on any atom is 0.230 e. The van der Waals surface area contributed by atoms with Crippen LogP contribution in [-0.2, 0) is 0 Å². The van der Waals surface area contributed by atoms with Crippen LogP contribution in [0.1, 0.15) is 18.4 Å². The first-order valence-electron chi connectivity index (χ1n) is 6.99. The smallest absolute Gasteiger partial charge is 0.230 e. The van der Waals surface area contributed by atoms with Crippen LogP contribution in [0.15, 0.2) is 24.3 Å². The first-order chi connectivity index (χ1) is 10.3. The van der Waals surface area contributed by atoms with Gasteiger partial charge in [0.1, 0.15) is 0 Å². The summed E-state index contributed by atoms with van der Waals surface area (Å²) in [6, 6.07) is 9.45. The first-order valence-corrected chi connectivity index (χ1v) is 6.99. The fraction of sp³-hybridized carbons (Fsp3) is 0.333. The summed E-state index contributed by atoms with van der Waals surface area (Å²) in [6.07, 6.45) is 2.33. The number of aromatic nitrogens is 3. The van der Waals surface area contributed by atoms with Crippen LogP contribution < -0.4 is 10.2 Å². The average molecular weight is 280 g/mol. The second-order valence-corrected chi connectivity index (χ2v) is 4.92. The highest BCUT2D eigenvalue weighted by Gasteiger charge is 2.17. The van der Waals surface area contributed by atoms with Crippen molar-refractivity contribution in [3.63, 3.8) is 0 Å². The number of nitriles is 1. The molecule has 106 valence electrons. The van der Waals surface area contributed by atoms with Gasteiger partial charge in [-0.15, -0.1) is 0 Å². The molecular weight excluding hydrogens is 264 g/mol. The van der Waals surface area contributed by atoms with Crippen molar-refractivity contribution in [3.05, 3.63) is 29.8 Å². The van der Waals surface area contributed by atoms with Crippen molar-refractivity contribution in [2.45, 2.75) is 12.8 Å². The Morgan fingerprint density at radius 2 is 2.00 bits per heavy atom. The summed E-state index contributed by atoms with van der Waals surface area (Å²) in [5.41, 5.74) is 1.43. The molecule has 2 aromatic rings. The lowest BCUT2D eigenvalue weighted by Gasteiger charge is -2.16. The summed E-state index contributed by atoms with van der Waals surface area (Å²) >= 11 is 0. The lowest BCUT2D eigenvalue weighted by Crippen LogP contribution is -2.21. The summed E-state index contributed by atoms with van der Waals surface area (Å²) in [5.74, 6) is 1.84. The molecule has 0 amide bonds. The summed E-state index contributed by atoms with van der Waals surface area (Å²) < 4.78 is 0. The van der Waals surface area contributed by atoms with E-state index in [2.05, 4.69) is 31.2 Å². The van der Waals surface area contributed by atoms with Crippen LogP contribution in [-0.4, -0.2) is 35.1 Å². The van der Waals surface area contributed by atoms with Gasteiger partial charge in [-0.1, -0.05) is 12.1 Å². The average Bonchev–Trinajstić information content (AvgIpc) is 3.09. The van der Waals surface area contributed by atoms with Crippen molar-refractivity contribution in [2.24, 2.45) is 0 Å². The fourth-order valence-corrected chi connectivity index (χ4v) is 2.39. The van der Waals surface area contributed by atoms with Crippen molar-refractivity contribution in [3.8, 4) is 17.5 Å². The maximum atomic E-state index is 9.01. The molecule has 1 aromatic heterocycles. The van der Waals surface area contributed by atoms with E-state index in [-0.39, 0.29) is 0 Å². The maximum absolute atomic E-state index is 9.01. The van der Waals surface area contributed by atoms with Gasteiger partial charge in [0, 0.05) is 25.7 Å². The van der Waals surface area contributed by atoms with Gasteiger partial charge >= 0.3 is 0 Å². The van der Waals surface area contributed by atoms with Crippen LogP contribution in [0.25, 0.3) is 11.4 Å². The molecule has 1 fully saturated rings. The highest BCUT2D eigenvalue weighted by atomic mass is 15.3. The van der Waals surface area contributed by atoms with Crippen LogP contribution in [0.3, 0.4) is 0 Å². The summed E-state index contributed by atoms with van der Waals surface area (Å²) in [7, 11) is 1.79. The van der Waals surface area contributed by atoms with E-state index in [0.717, 1.165) is 18.7 Å². The van der Waals surface area contributed by atoms with E-state index in [9.17, 15) is 0 Å². The molecule has 21 heavy (non-hydrogen) atoms. The molecule has 2 heterocycles. The second-order valence-electron chi connectivity index (χ2n) is 4.92. The predicted octanol–water partition coefficient (Wildman–Crippen LogP) is 2.05. The molecule has 0 unspecified atom stereocenters. The zero-order chi connectivity index (χ0) is 14.7. The monoisotopic (exact) mass is 280 g/mol.